The van der Waals surface area contributed by atoms with E-state index in [1.807, 2.05) is 42.5 Å². The Balaban J connectivity index is 1.79. The average Bonchev–Trinajstić information content (AvgIpc) is 2.91. The Hall–Kier alpha value is -4.10. The molecule has 10 heteroatoms. The maximum atomic E-state index is 13.0. The van der Waals surface area contributed by atoms with Crippen molar-refractivity contribution in [1.82, 2.24) is 15.2 Å². The Morgan fingerprint density at radius 2 is 1.86 bits per heavy atom. The van der Waals surface area contributed by atoms with Crippen LogP contribution >= 0.6 is 0 Å². The number of pyridine rings is 1. The highest BCUT2D eigenvalue weighted by molar-refractivity contribution is 6.07. The lowest BCUT2D eigenvalue weighted by atomic mass is 10.0. The predicted molar refractivity (Wildman–Crippen MR) is 132 cm³/mol. The van der Waals surface area contributed by atoms with Crippen LogP contribution in [0.5, 0.6) is 5.75 Å². The van der Waals surface area contributed by atoms with Crippen LogP contribution in [0.25, 0.3) is 22.0 Å². The van der Waals surface area contributed by atoms with Gasteiger partial charge in [0.15, 0.2) is 0 Å². The Morgan fingerprint density at radius 3 is 2.53 bits per heavy atom. The molecule has 3 rings (SSSR count). The normalized spacial score (nSPS) is 11.5. The summed E-state index contributed by atoms with van der Waals surface area (Å²) < 4.78 is 31.2. The second-order valence-electron chi connectivity index (χ2n) is 7.83. The van der Waals surface area contributed by atoms with Crippen molar-refractivity contribution in [1.29, 1.82) is 5.26 Å². The molecule has 0 fully saturated rings. The molecule has 1 heterocycles. The van der Waals surface area contributed by atoms with Gasteiger partial charge in [-0.3, -0.25) is 19.0 Å². The number of benzene rings is 2. The van der Waals surface area contributed by atoms with Gasteiger partial charge in [-0.1, -0.05) is 18.2 Å². The molecule has 0 aliphatic heterocycles. The second-order valence-corrected chi connectivity index (χ2v) is 7.83. The van der Waals surface area contributed by atoms with Crippen molar-refractivity contribution in [2.24, 2.45) is 5.73 Å². The van der Waals surface area contributed by atoms with Gasteiger partial charge in [0.1, 0.15) is 25.1 Å². The molecule has 0 spiro atoms. The maximum absolute atomic E-state index is 13.0. The van der Waals surface area contributed by atoms with Crippen molar-refractivity contribution in [3.8, 4) is 22.9 Å². The lowest BCUT2D eigenvalue weighted by Crippen LogP contribution is -2.46. The SMILES string of the molecule is N#C[C@H](CCF)N(CCF)C(=O)CNC(=O)c1ccnc2ccc(-c3ccc(OCCN)cc3)cc12. The van der Waals surface area contributed by atoms with Gasteiger partial charge in [-0.15, -0.1) is 0 Å². The molecule has 36 heavy (non-hydrogen) atoms. The number of amides is 2. The van der Waals surface area contributed by atoms with Crippen molar-refractivity contribution in [3.63, 3.8) is 0 Å². The van der Waals surface area contributed by atoms with E-state index in [1.54, 1.807) is 6.07 Å². The highest BCUT2D eigenvalue weighted by Gasteiger charge is 2.24. The number of hydrogen-bond donors (Lipinski definition) is 2. The van der Waals surface area contributed by atoms with E-state index in [4.69, 9.17) is 10.5 Å². The van der Waals surface area contributed by atoms with Crippen LogP contribution in [0.3, 0.4) is 0 Å². The smallest absolute Gasteiger partial charge is 0.252 e. The molecule has 0 saturated carbocycles. The summed E-state index contributed by atoms with van der Waals surface area (Å²) in [6, 6.07) is 15.2. The van der Waals surface area contributed by atoms with Crippen LogP contribution in [0.2, 0.25) is 0 Å². The number of nitriles is 1. The third kappa shape index (κ3) is 6.52. The highest BCUT2D eigenvalue weighted by atomic mass is 19.1. The van der Waals surface area contributed by atoms with E-state index in [-0.39, 0.29) is 13.0 Å². The number of fused-ring (bicyclic) bond motifs is 1. The van der Waals surface area contributed by atoms with Gasteiger partial charge in [0, 0.05) is 24.5 Å². The van der Waals surface area contributed by atoms with Crippen LogP contribution in [0.1, 0.15) is 16.8 Å². The summed E-state index contributed by atoms with van der Waals surface area (Å²) in [4.78, 5) is 30.8. The molecule has 3 N–H and O–H groups in total. The molecule has 0 radical (unpaired) electrons. The van der Waals surface area contributed by atoms with E-state index in [9.17, 15) is 23.6 Å². The Bertz CT molecular complexity index is 1230. The van der Waals surface area contributed by atoms with E-state index in [2.05, 4.69) is 10.3 Å². The van der Waals surface area contributed by atoms with Gasteiger partial charge in [0.25, 0.3) is 5.91 Å². The monoisotopic (exact) mass is 495 g/mol. The molecule has 2 amide bonds. The molecule has 2 aromatic carbocycles. The third-order valence-corrected chi connectivity index (χ3v) is 5.51. The summed E-state index contributed by atoms with van der Waals surface area (Å²) in [5.41, 5.74) is 8.10. The first-order valence-electron chi connectivity index (χ1n) is 11.4. The number of nitrogens with one attached hydrogen (secondary N) is 1. The molecule has 0 saturated heterocycles. The number of alkyl halides is 2. The summed E-state index contributed by atoms with van der Waals surface area (Å²) >= 11 is 0. The van der Waals surface area contributed by atoms with E-state index in [0.717, 1.165) is 16.0 Å². The lowest BCUT2D eigenvalue weighted by molar-refractivity contribution is -0.131. The maximum Gasteiger partial charge on any atom is 0.252 e. The number of rotatable bonds is 12. The number of carbonyl (C=O) groups excluding carboxylic acids is 2. The molecule has 3 aromatic rings. The van der Waals surface area contributed by atoms with Crippen molar-refractivity contribution >= 4 is 22.7 Å². The highest BCUT2D eigenvalue weighted by Crippen LogP contribution is 2.27. The summed E-state index contributed by atoms with van der Waals surface area (Å²) in [5.74, 6) is -0.502. The number of halogens is 2. The first-order chi connectivity index (χ1) is 17.5. The van der Waals surface area contributed by atoms with Crippen molar-refractivity contribution in [2.45, 2.75) is 12.5 Å². The van der Waals surface area contributed by atoms with Gasteiger partial charge in [-0.2, -0.15) is 5.26 Å². The van der Waals surface area contributed by atoms with Crippen LogP contribution in [0, 0.1) is 11.3 Å². The summed E-state index contributed by atoms with van der Waals surface area (Å²) in [7, 11) is 0. The van der Waals surface area contributed by atoms with Crippen LogP contribution < -0.4 is 15.8 Å². The molecule has 0 bridgehead atoms. The first-order valence-corrected chi connectivity index (χ1v) is 11.4. The van der Waals surface area contributed by atoms with E-state index >= 15 is 0 Å². The van der Waals surface area contributed by atoms with Gasteiger partial charge in [0.05, 0.1) is 36.9 Å². The molecule has 0 unspecified atom stereocenters. The fraction of sp³-hybridized carbons (Fsp3) is 0.308. The first kappa shape index (κ1) is 26.5. The minimum absolute atomic E-state index is 0.228. The fourth-order valence-electron chi connectivity index (χ4n) is 3.74. The second kappa shape index (κ2) is 13.1. The third-order valence-electron chi connectivity index (χ3n) is 5.51. The number of hydrogen-bond acceptors (Lipinski definition) is 6. The lowest BCUT2D eigenvalue weighted by Gasteiger charge is -2.25. The molecule has 1 atom stereocenters. The number of aromatic nitrogens is 1. The Labute approximate surface area is 207 Å². The quantitative estimate of drug-likeness (QED) is 0.398. The number of nitrogens with zero attached hydrogens (tertiary/aromatic N) is 3. The zero-order valence-electron chi connectivity index (χ0n) is 19.6. The minimum Gasteiger partial charge on any atom is -0.492 e. The Kier molecular flexibility index (Phi) is 9.65. The summed E-state index contributed by atoms with van der Waals surface area (Å²) in [6.45, 7) is -1.69. The molecule has 0 aliphatic rings. The van der Waals surface area contributed by atoms with Gasteiger partial charge < -0.3 is 20.7 Å². The van der Waals surface area contributed by atoms with Gasteiger partial charge in [0.2, 0.25) is 5.91 Å². The molecule has 1 aromatic heterocycles. The molecule has 188 valence electrons. The van der Waals surface area contributed by atoms with E-state index in [0.29, 0.717) is 35.4 Å². The van der Waals surface area contributed by atoms with Crippen LogP contribution in [0.15, 0.2) is 54.7 Å². The van der Waals surface area contributed by atoms with Gasteiger partial charge in [-0.25, -0.2) is 4.39 Å². The molecule has 0 aliphatic carbocycles. The zero-order valence-corrected chi connectivity index (χ0v) is 19.6. The van der Waals surface area contributed by atoms with E-state index < -0.39 is 37.8 Å². The molecular weight excluding hydrogens is 468 g/mol. The summed E-state index contributed by atoms with van der Waals surface area (Å²) in [6.07, 6.45) is 1.26. The fourth-order valence-corrected chi connectivity index (χ4v) is 3.74. The largest absolute Gasteiger partial charge is 0.492 e. The number of nitrogens with two attached hydrogens (primary N) is 1. The number of carbonyl (C=O) groups is 2. The van der Waals surface area contributed by atoms with Crippen molar-refractivity contribution in [2.75, 3.05) is 39.6 Å². The van der Waals surface area contributed by atoms with E-state index in [1.165, 1.54) is 12.3 Å². The number of ether oxygens (including phenoxy) is 1. The standard InChI is InChI=1S/C26H27F2N5O3/c27-9-7-20(16-30)33(13-10-28)25(34)17-32-26(35)22-8-12-31-24-6-3-19(15-23(22)24)18-1-4-21(5-2-18)36-14-11-29/h1-6,8,12,15,20H,7,9-11,13-14,17,29H2,(H,32,35)/t20-/m0/s1. The topological polar surface area (TPSA) is 121 Å². The molecule has 8 nitrogen and oxygen atoms in total. The van der Waals surface area contributed by atoms with Crippen LogP contribution in [0.4, 0.5) is 8.78 Å². The predicted octanol–water partition coefficient (Wildman–Crippen LogP) is 3.02. The summed E-state index contributed by atoms with van der Waals surface area (Å²) in [5, 5.41) is 12.3. The Morgan fingerprint density at radius 1 is 1.11 bits per heavy atom. The van der Waals surface area contributed by atoms with Gasteiger partial charge in [-0.05, 0) is 41.5 Å². The van der Waals surface area contributed by atoms with Crippen LogP contribution in [-0.4, -0.2) is 67.3 Å². The van der Waals surface area contributed by atoms with Crippen LogP contribution in [-0.2, 0) is 4.79 Å². The van der Waals surface area contributed by atoms with Gasteiger partial charge >= 0.3 is 0 Å². The van der Waals surface area contributed by atoms with Crippen molar-refractivity contribution < 1.29 is 23.1 Å². The zero-order chi connectivity index (χ0) is 25.9. The van der Waals surface area contributed by atoms with Crippen molar-refractivity contribution in [3.05, 3.63) is 60.3 Å². The average molecular weight is 496 g/mol. The minimum atomic E-state index is -1.11. The molecular formula is C26H27F2N5O3.